The third-order valence-corrected chi connectivity index (χ3v) is 4.09. The maximum Gasteiger partial charge on any atom is 0.335 e. The van der Waals surface area contributed by atoms with Gasteiger partial charge in [0.15, 0.2) is 0 Å². The maximum atomic E-state index is 12.2. The molecule has 118 valence electrons. The van der Waals surface area contributed by atoms with Gasteiger partial charge in [-0.3, -0.25) is 9.59 Å². The Labute approximate surface area is 128 Å². The highest BCUT2D eigenvalue weighted by atomic mass is 16.4. The van der Waals surface area contributed by atoms with Gasteiger partial charge in [-0.1, -0.05) is 25.0 Å². The van der Waals surface area contributed by atoms with Crippen molar-refractivity contribution in [2.24, 2.45) is 11.8 Å². The van der Waals surface area contributed by atoms with E-state index < -0.39 is 23.8 Å². The molecular weight excluding hydrogens is 286 g/mol. The number of carbonyl (C=O) groups is 3. The molecule has 6 heteroatoms. The van der Waals surface area contributed by atoms with Crippen LogP contribution in [0.2, 0.25) is 0 Å². The summed E-state index contributed by atoms with van der Waals surface area (Å²) in [5, 5.41) is 20.8. The summed E-state index contributed by atoms with van der Waals surface area (Å²) in [6, 6.07) is 6.23. The van der Waals surface area contributed by atoms with Crippen molar-refractivity contribution in [3.05, 3.63) is 35.4 Å². The Balaban J connectivity index is 1.93. The van der Waals surface area contributed by atoms with Crippen molar-refractivity contribution < 1.29 is 24.6 Å². The van der Waals surface area contributed by atoms with E-state index >= 15 is 0 Å². The van der Waals surface area contributed by atoms with E-state index in [1.54, 1.807) is 12.1 Å². The SMILES string of the molecule is O=C(O)c1ccc(CNC(=O)[C@@H]2CCCC[C@H]2C(=O)O)cc1. The number of aliphatic carboxylic acids is 1. The number of hydrogen-bond acceptors (Lipinski definition) is 3. The smallest absolute Gasteiger partial charge is 0.335 e. The third kappa shape index (κ3) is 3.84. The minimum Gasteiger partial charge on any atom is -0.481 e. The Bertz CT molecular complexity index is 566. The number of benzene rings is 1. The number of carboxylic acid groups (broad SMARTS) is 2. The fourth-order valence-electron chi connectivity index (χ4n) is 2.83. The predicted octanol–water partition coefficient (Wildman–Crippen LogP) is 1.89. The summed E-state index contributed by atoms with van der Waals surface area (Å²) in [4.78, 5) is 34.2. The lowest BCUT2D eigenvalue weighted by molar-refractivity contribution is -0.148. The fourth-order valence-corrected chi connectivity index (χ4v) is 2.83. The van der Waals surface area contributed by atoms with Gasteiger partial charge < -0.3 is 15.5 Å². The molecule has 0 saturated heterocycles. The molecule has 1 fully saturated rings. The van der Waals surface area contributed by atoms with Gasteiger partial charge in [0.2, 0.25) is 5.91 Å². The van der Waals surface area contributed by atoms with Crippen LogP contribution in [0.25, 0.3) is 0 Å². The molecule has 0 aromatic heterocycles. The molecule has 1 aliphatic rings. The van der Waals surface area contributed by atoms with Crippen molar-refractivity contribution in [3.8, 4) is 0 Å². The minimum absolute atomic E-state index is 0.188. The van der Waals surface area contributed by atoms with Gasteiger partial charge in [-0.2, -0.15) is 0 Å². The van der Waals surface area contributed by atoms with E-state index in [4.69, 9.17) is 5.11 Å². The Morgan fingerprint density at radius 1 is 1.00 bits per heavy atom. The summed E-state index contributed by atoms with van der Waals surface area (Å²) in [5.41, 5.74) is 0.967. The third-order valence-electron chi connectivity index (χ3n) is 4.09. The molecule has 2 rings (SSSR count). The summed E-state index contributed by atoms with van der Waals surface area (Å²) < 4.78 is 0. The van der Waals surface area contributed by atoms with Gasteiger partial charge in [-0.15, -0.1) is 0 Å². The van der Waals surface area contributed by atoms with Crippen molar-refractivity contribution in [2.45, 2.75) is 32.2 Å². The Morgan fingerprint density at radius 3 is 2.14 bits per heavy atom. The van der Waals surface area contributed by atoms with Gasteiger partial charge >= 0.3 is 11.9 Å². The van der Waals surface area contributed by atoms with Crippen LogP contribution in [0.15, 0.2) is 24.3 Å². The molecule has 2 atom stereocenters. The van der Waals surface area contributed by atoms with Crippen LogP contribution in [0.3, 0.4) is 0 Å². The van der Waals surface area contributed by atoms with Gasteiger partial charge in [-0.05, 0) is 30.5 Å². The normalized spacial score (nSPS) is 21.1. The van der Waals surface area contributed by atoms with Crippen LogP contribution in [-0.2, 0) is 16.1 Å². The van der Waals surface area contributed by atoms with Crippen molar-refractivity contribution in [1.82, 2.24) is 5.32 Å². The molecule has 0 heterocycles. The van der Waals surface area contributed by atoms with Gasteiger partial charge in [0, 0.05) is 6.54 Å². The van der Waals surface area contributed by atoms with Crippen LogP contribution in [0.4, 0.5) is 0 Å². The topological polar surface area (TPSA) is 104 Å². The second-order valence-electron chi connectivity index (χ2n) is 5.56. The van der Waals surface area contributed by atoms with Crippen molar-refractivity contribution in [1.29, 1.82) is 0 Å². The van der Waals surface area contributed by atoms with E-state index in [-0.39, 0.29) is 18.0 Å². The average molecular weight is 305 g/mol. The van der Waals surface area contributed by atoms with Crippen LogP contribution in [0.1, 0.15) is 41.6 Å². The number of carbonyl (C=O) groups excluding carboxylic acids is 1. The predicted molar refractivity (Wildman–Crippen MR) is 78.3 cm³/mol. The molecule has 0 unspecified atom stereocenters. The molecule has 1 amide bonds. The average Bonchev–Trinajstić information content (AvgIpc) is 2.53. The monoisotopic (exact) mass is 305 g/mol. The summed E-state index contributed by atoms with van der Waals surface area (Å²) in [5.74, 6) is -3.24. The highest BCUT2D eigenvalue weighted by Crippen LogP contribution is 2.30. The molecule has 0 aliphatic heterocycles. The lowest BCUT2D eigenvalue weighted by Crippen LogP contribution is -2.39. The van der Waals surface area contributed by atoms with Crippen LogP contribution in [0, 0.1) is 11.8 Å². The molecule has 3 N–H and O–H groups in total. The van der Waals surface area contributed by atoms with E-state index in [0.717, 1.165) is 18.4 Å². The number of nitrogens with one attached hydrogen (secondary N) is 1. The summed E-state index contributed by atoms with van der Waals surface area (Å²) in [7, 11) is 0. The largest absolute Gasteiger partial charge is 0.481 e. The summed E-state index contributed by atoms with van der Waals surface area (Å²) >= 11 is 0. The van der Waals surface area contributed by atoms with Gasteiger partial charge in [0.1, 0.15) is 0 Å². The van der Waals surface area contributed by atoms with E-state index in [1.807, 2.05) is 0 Å². The standard InChI is InChI=1S/C16H19NO5/c18-14(12-3-1-2-4-13(12)16(21)22)17-9-10-5-7-11(8-6-10)15(19)20/h5-8,12-13H,1-4,9H2,(H,17,18)(H,19,20)(H,21,22)/t12-,13-/m1/s1. The van der Waals surface area contributed by atoms with Crippen molar-refractivity contribution in [2.75, 3.05) is 0 Å². The summed E-state index contributed by atoms with van der Waals surface area (Å²) in [6.07, 6.45) is 2.86. The first-order chi connectivity index (χ1) is 10.5. The van der Waals surface area contributed by atoms with Crippen molar-refractivity contribution >= 4 is 17.8 Å². The van der Waals surface area contributed by atoms with E-state index in [9.17, 15) is 19.5 Å². The molecule has 1 saturated carbocycles. The zero-order valence-corrected chi connectivity index (χ0v) is 12.1. The van der Waals surface area contributed by atoms with Crippen LogP contribution in [0.5, 0.6) is 0 Å². The number of hydrogen-bond donors (Lipinski definition) is 3. The van der Waals surface area contributed by atoms with Crippen LogP contribution < -0.4 is 5.32 Å². The molecule has 0 spiro atoms. The van der Waals surface area contributed by atoms with Crippen LogP contribution >= 0.6 is 0 Å². The number of aromatic carboxylic acids is 1. The first-order valence-corrected chi connectivity index (χ1v) is 7.32. The molecule has 1 aromatic rings. The number of amides is 1. The quantitative estimate of drug-likeness (QED) is 0.770. The minimum atomic E-state index is -0.998. The Kier molecular flexibility index (Phi) is 5.14. The van der Waals surface area contributed by atoms with Gasteiger partial charge in [0.25, 0.3) is 0 Å². The first kappa shape index (κ1) is 16.0. The highest BCUT2D eigenvalue weighted by Gasteiger charge is 2.35. The molecular formula is C16H19NO5. The van der Waals surface area contributed by atoms with Crippen LogP contribution in [-0.4, -0.2) is 28.1 Å². The summed E-state index contributed by atoms with van der Waals surface area (Å²) in [6.45, 7) is 0.265. The van der Waals surface area contributed by atoms with Crippen molar-refractivity contribution in [3.63, 3.8) is 0 Å². The molecule has 22 heavy (non-hydrogen) atoms. The molecule has 6 nitrogen and oxygen atoms in total. The van der Waals surface area contributed by atoms with Gasteiger partial charge in [0.05, 0.1) is 17.4 Å². The van der Waals surface area contributed by atoms with E-state index in [0.29, 0.717) is 12.8 Å². The second kappa shape index (κ2) is 7.06. The lowest BCUT2D eigenvalue weighted by atomic mass is 9.78. The second-order valence-corrected chi connectivity index (χ2v) is 5.56. The molecule has 0 radical (unpaired) electrons. The van der Waals surface area contributed by atoms with E-state index in [2.05, 4.69) is 5.32 Å². The molecule has 1 aliphatic carbocycles. The van der Waals surface area contributed by atoms with E-state index in [1.165, 1.54) is 12.1 Å². The maximum absolute atomic E-state index is 12.2. The lowest BCUT2D eigenvalue weighted by Gasteiger charge is -2.27. The fraction of sp³-hybridized carbons (Fsp3) is 0.438. The molecule has 1 aromatic carbocycles. The van der Waals surface area contributed by atoms with Gasteiger partial charge in [-0.25, -0.2) is 4.79 Å². The zero-order chi connectivity index (χ0) is 16.1. The highest BCUT2D eigenvalue weighted by molar-refractivity contribution is 5.87. The first-order valence-electron chi connectivity index (χ1n) is 7.32. The molecule has 0 bridgehead atoms. The Hall–Kier alpha value is -2.37. The zero-order valence-electron chi connectivity index (χ0n) is 12.1. The number of rotatable bonds is 5. The Morgan fingerprint density at radius 2 is 1.59 bits per heavy atom. The number of carboxylic acids is 2.